The predicted octanol–water partition coefficient (Wildman–Crippen LogP) is 10.1. The van der Waals surface area contributed by atoms with Crippen molar-refractivity contribution < 1.29 is 4.42 Å². The van der Waals surface area contributed by atoms with Crippen LogP contribution < -0.4 is 0 Å². The molecule has 9 rings (SSSR count). The molecule has 4 aromatic heterocycles. The van der Waals surface area contributed by atoms with Gasteiger partial charge < -0.3 is 4.42 Å². The van der Waals surface area contributed by atoms with Crippen molar-refractivity contribution in [2.75, 3.05) is 0 Å². The Hall–Kier alpha value is -5.00. The summed E-state index contributed by atoms with van der Waals surface area (Å²) < 4.78 is 11.3. The predicted molar refractivity (Wildman–Crippen MR) is 171 cm³/mol. The van der Waals surface area contributed by atoms with E-state index in [2.05, 4.69) is 102 Å². The van der Waals surface area contributed by atoms with Crippen molar-refractivity contribution in [3.63, 3.8) is 0 Å². The van der Waals surface area contributed by atoms with Crippen LogP contribution in [0.4, 0.5) is 0 Å². The van der Waals surface area contributed by atoms with Crippen LogP contribution in [0.5, 0.6) is 0 Å². The summed E-state index contributed by atoms with van der Waals surface area (Å²) in [5.74, 6) is 0.654. The molecule has 0 unspecified atom stereocenters. The Balaban J connectivity index is 1.49. The number of thiophene rings is 1. The summed E-state index contributed by atoms with van der Waals surface area (Å²) in [5, 5.41) is 5.93. The zero-order valence-electron chi connectivity index (χ0n) is 22.3. The standard InChI is InChI=1S/C36H23N3OS/c1-2-21-11-3-4-12-22(21)31-34-32(27-15-6-9-17-29(27)40-34)38-36(37-31)39-28-16-8-5-13-23(28)25-19-20-26-24-14-7-10-18-30(24)41-35(26)33(25)39/h3-20H,2H2,1H3. The normalized spacial score (nSPS) is 12.1. The Bertz CT molecular complexity index is 2480. The van der Waals surface area contributed by atoms with Crippen LogP contribution in [0, 0.1) is 0 Å². The van der Waals surface area contributed by atoms with Gasteiger partial charge in [-0.15, -0.1) is 11.3 Å². The van der Waals surface area contributed by atoms with Crippen LogP contribution in [-0.2, 0) is 6.42 Å². The Morgan fingerprint density at radius 3 is 2.32 bits per heavy atom. The Labute approximate surface area is 239 Å². The summed E-state index contributed by atoms with van der Waals surface area (Å²) in [5.41, 5.74) is 7.75. The van der Waals surface area contributed by atoms with Gasteiger partial charge in [0.05, 0.1) is 15.7 Å². The number of aryl methyl sites for hydroxylation is 1. The first-order valence-corrected chi connectivity index (χ1v) is 14.7. The molecule has 9 aromatic rings. The quantitative estimate of drug-likeness (QED) is 0.222. The topological polar surface area (TPSA) is 43.9 Å². The van der Waals surface area contributed by atoms with Gasteiger partial charge in [0.1, 0.15) is 16.8 Å². The minimum absolute atomic E-state index is 0.654. The number of benzene rings is 5. The third-order valence-corrected chi connectivity index (χ3v) is 9.43. The number of para-hydroxylation sites is 2. The van der Waals surface area contributed by atoms with Crippen LogP contribution in [0.25, 0.3) is 81.3 Å². The van der Waals surface area contributed by atoms with E-state index in [0.717, 1.165) is 50.8 Å². The summed E-state index contributed by atoms with van der Waals surface area (Å²) in [6.45, 7) is 2.18. The van der Waals surface area contributed by atoms with Crippen molar-refractivity contribution in [2.24, 2.45) is 0 Å². The highest BCUT2D eigenvalue weighted by molar-refractivity contribution is 7.26. The molecule has 0 saturated carbocycles. The maximum atomic E-state index is 6.46. The molecule has 4 heterocycles. The van der Waals surface area contributed by atoms with Gasteiger partial charge in [-0.05, 0) is 36.2 Å². The van der Waals surface area contributed by atoms with E-state index in [9.17, 15) is 0 Å². The molecule has 0 saturated heterocycles. The third kappa shape index (κ3) is 3.15. The lowest BCUT2D eigenvalue weighted by atomic mass is 10.0. The van der Waals surface area contributed by atoms with Crippen molar-refractivity contribution in [1.29, 1.82) is 0 Å². The van der Waals surface area contributed by atoms with Crippen molar-refractivity contribution in [3.8, 4) is 17.2 Å². The van der Waals surface area contributed by atoms with Gasteiger partial charge in [-0.2, -0.15) is 0 Å². The largest absolute Gasteiger partial charge is 0.452 e. The first-order chi connectivity index (χ1) is 20.3. The minimum Gasteiger partial charge on any atom is -0.452 e. The lowest BCUT2D eigenvalue weighted by Crippen LogP contribution is -2.03. The Kier molecular flexibility index (Phi) is 4.72. The molecule has 0 N–H and O–H groups in total. The van der Waals surface area contributed by atoms with Crippen LogP contribution >= 0.6 is 11.3 Å². The summed E-state index contributed by atoms with van der Waals surface area (Å²) >= 11 is 1.83. The smallest absolute Gasteiger partial charge is 0.236 e. The van der Waals surface area contributed by atoms with Gasteiger partial charge in [-0.1, -0.05) is 91.9 Å². The molecule has 0 amide bonds. The van der Waals surface area contributed by atoms with Gasteiger partial charge >= 0.3 is 0 Å². The Morgan fingerprint density at radius 1 is 0.683 bits per heavy atom. The molecular weight excluding hydrogens is 522 g/mol. The fraction of sp³-hybridized carbons (Fsp3) is 0.0556. The van der Waals surface area contributed by atoms with Gasteiger partial charge in [0.15, 0.2) is 5.58 Å². The van der Waals surface area contributed by atoms with E-state index in [1.807, 2.05) is 29.5 Å². The van der Waals surface area contributed by atoms with Gasteiger partial charge in [0.25, 0.3) is 0 Å². The fourth-order valence-corrected chi connectivity index (χ4v) is 7.60. The van der Waals surface area contributed by atoms with Gasteiger partial charge in [-0.25, -0.2) is 9.97 Å². The van der Waals surface area contributed by atoms with E-state index < -0.39 is 0 Å². The zero-order valence-corrected chi connectivity index (χ0v) is 23.1. The second-order valence-electron chi connectivity index (χ2n) is 10.4. The summed E-state index contributed by atoms with van der Waals surface area (Å²) in [4.78, 5) is 10.6. The number of hydrogen-bond donors (Lipinski definition) is 0. The van der Waals surface area contributed by atoms with E-state index in [1.165, 1.54) is 36.5 Å². The second kappa shape index (κ2) is 8.50. The van der Waals surface area contributed by atoms with E-state index >= 15 is 0 Å². The molecule has 194 valence electrons. The lowest BCUT2D eigenvalue weighted by Gasteiger charge is -2.12. The van der Waals surface area contributed by atoms with E-state index in [0.29, 0.717) is 5.95 Å². The van der Waals surface area contributed by atoms with Crippen molar-refractivity contribution >= 4 is 75.4 Å². The molecule has 41 heavy (non-hydrogen) atoms. The molecule has 5 aromatic carbocycles. The first kappa shape index (κ1) is 22.8. The molecule has 5 heteroatoms. The van der Waals surface area contributed by atoms with Crippen LogP contribution in [-0.4, -0.2) is 14.5 Å². The van der Waals surface area contributed by atoms with Crippen LogP contribution in [0.2, 0.25) is 0 Å². The zero-order chi connectivity index (χ0) is 27.1. The van der Waals surface area contributed by atoms with Crippen molar-refractivity contribution in [2.45, 2.75) is 13.3 Å². The van der Waals surface area contributed by atoms with Crippen molar-refractivity contribution in [3.05, 3.63) is 115 Å². The molecule has 0 aliphatic rings. The van der Waals surface area contributed by atoms with Gasteiger partial charge in [0.2, 0.25) is 5.95 Å². The molecule has 4 nitrogen and oxygen atoms in total. The third-order valence-electron chi connectivity index (χ3n) is 8.24. The molecule has 0 aliphatic heterocycles. The Morgan fingerprint density at radius 2 is 1.41 bits per heavy atom. The number of hydrogen-bond acceptors (Lipinski definition) is 4. The van der Waals surface area contributed by atoms with Gasteiger partial charge in [-0.3, -0.25) is 4.57 Å². The number of furan rings is 1. The summed E-state index contributed by atoms with van der Waals surface area (Å²) in [6.07, 6.45) is 0.898. The number of aromatic nitrogens is 3. The SMILES string of the molecule is CCc1ccccc1-c1nc(-n2c3ccccc3c3ccc4c5ccccc5sc4c32)nc2c1oc1ccccc12. The average Bonchev–Trinajstić information content (AvgIpc) is 3.70. The van der Waals surface area contributed by atoms with Crippen LogP contribution in [0.1, 0.15) is 12.5 Å². The van der Waals surface area contributed by atoms with E-state index in [-0.39, 0.29) is 0 Å². The highest BCUT2D eigenvalue weighted by Gasteiger charge is 2.23. The van der Waals surface area contributed by atoms with Crippen LogP contribution in [0.3, 0.4) is 0 Å². The number of rotatable bonds is 3. The average molecular weight is 546 g/mol. The lowest BCUT2D eigenvalue weighted by molar-refractivity contribution is 0.666. The maximum Gasteiger partial charge on any atom is 0.236 e. The molecule has 0 atom stereocenters. The molecule has 0 radical (unpaired) electrons. The second-order valence-corrected chi connectivity index (χ2v) is 11.5. The highest BCUT2D eigenvalue weighted by Crippen LogP contribution is 2.43. The van der Waals surface area contributed by atoms with E-state index in [1.54, 1.807) is 0 Å². The molecule has 0 aliphatic carbocycles. The summed E-state index contributed by atoms with van der Waals surface area (Å²) in [7, 11) is 0. The number of fused-ring (bicyclic) bond motifs is 10. The minimum atomic E-state index is 0.654. The fourth-order valence-electron chi connectivity index (χ4n) is 6.36. The number of nitrogens with zero attached hydrogens (tertiary/aromatic N) is 3. The maximum absolute atomic E-state index is 6.46. The molecular formula is C36H23N3OS. The van der Waals surface area contributed by atoms with Crippen molar-refractivity contribution in [1.82, 2.24) is 14.5 Å². The molecule has 0 fully saturated rings. The molecule has 0 spiro atoms. The monoisotopic (exact) mass is 545 g/mol. The summed E-state index contributed by atoms with van der Waals surface area (Å²) in [6, 6.07) is 38.4. The first-order valence-electron chi connectivity index (χ1n) is 13.9. The van der Waals surface area contributed by atoms with Gasteiger partial charge in [0, 0.05) is 37.2 Å². The molecule has 0 bridgehead atoms. The highest BCUT2D eigenvalue weighted by atomic mass is 32.1. The van der Waals surface area contributed by atoms with E-state index in [4.69, 9.17) is 14.4 Å². The van der Waals surface area contributed by atoms with Crippen LogP contribution in [0.15, 0.2) is 114 Å².